The second kappa shape index (κ2) is 8.93. The summed E-state index contributed by atoms with van der Waals surface area (Å²) in [4.78, 5) is 12.1. The van der Waals surface area contributed by atoms with E-state index in [9.17, 15) is 21.6 Å². The lowest BCUT2D eigenvalue weighted by molar-refractivity contribution is 0.0596. The molecule has 1 heterocycles. The van der Waals surface area contributed by atoms with Gasteiger partial charge in [-0.25, -0.2) is 21.6 Å². The molecule has 4 rings (SSSR count). The van der Waals surface area contributed by atoms with E-state index in [4.69, 9.17) is 4.74 Å². The summed E-state index contributed by atoms with van der Waals surface area (Å²) in [5.74, 6) is -0.738. The number of ether oxygens (including phenoxy) is 1. The quantitative estimate of drug-likeness (QED) is 0.610. The van der Waals surface area contributed by atoms with Crippen LogP contribution in [-0.4, -0.2) is 64.7 Å². The Morgan fingerprint density at radius 1 is 0.812 bits per heavy atom. The zero-order chi connectivity index (χ0) is 22.9. The fourth-order valence-corrected chi connectivity index (χ4v) is 7.35. The highest BCUT2D eigenvalue weighted by molar-refractivity contribution is 7.89. The summed E-state index contributed by atoms with van der Waals surface area (Å²) >= 11 is 0. The summed E-state index contributed by atoms with van der Waals surface area (Å²) in [7, 11) is -6.51. The van der Waals surface area contributed by atoms with E-state index >= 15 is 0 Å². The molecule has 0 spiro atoms. The van der Waals surface area contributed by atoms with Crippen molar-refractivity contribution in [2.75, 3.05) is 33.3 Å². The molecule has 2 aromatic carbocycles. The standard InChI is InChI=1S/C22H26N2O6S2/c1-30-22(25)20-8-4-5-9-21(20)32(28,29)24-14-12-23(13-15-24)31(26,27)19-11-10-17-6-2-3-7-18(17)16-19/h4-5,8-11,16H,2-3,6-7,12-15H2,1H3. The molecule has 1 saturated heterocycles. The summed E-state index contributed by atoms with van der Waals surface area (Å²) in [6, 6.07) is 11.2. The summed E-state index contributed by atoms with van der Waals surface area (Å²) in [6.45, 7) is 0.0854. The Bertz CT molecular complexity index is 1230. The van der Waals surface area contributed by atoms with Gasteiger partial charge in [0.05, 0.1) is 22.5 Å². The van der Waals surface area contributed by atoms with Gasteiger partial charge in [-0.15, -0.1) is 0 Å². The molecule has 0 N–H and O–H groups in total. The number of nitrogens with zero attached hydrogens (tertiary/aromatic N) is 2. The van der Waals surface area contributed by atoms with Crippen LogP contribution in [0, 0.1) is 0 Å². The molecule has 0 radical (unpaired) electrons. The lowest BCUT2D eigenvalue weighted by Crippen LogP contribution is -2.50. The minimum absolute atomic E-state index is 0.00199. The number of hydrogen-bond acceptors (Lipinski definition) is 6. The first-order chi connectivity index (χ1) is 15.2. The zero-order valence-corrected chi connectivity index (χ0v) is 19.5. The first-order valence-electron chi connectivity index (χ1n) is 10.5. The van der Waals surface area contributed by atoms with Crippen LogP contribution in [0.25, 0.3) is 0 Å². The molecule has 0 unspecified atom stereocenters. The summed E-state index contributed by atoms with van der Waals surface area (Å²) in [5, 5.41) is 0. The molecule has 0 saturated carbocycles. The lowest BCUT2D eigenvalue weighted by Gasteiger charge is -2.33. The van der Waals surface area contributed by atoms with E-state index in [1.807, 2.05) is 6.07 Å². The number of methoxy groups -OCH3 is 1. The molecule has 0 amide bonds. The van der Waals surface area contributed by atoms with Gasteiger partial charge in [0.25, 0.3) is 0 Å². The molecule has 172 valence electrons. The van der Waals surface area contributed by atoms with Crippen molar-refractivity contribution in [3.8, 4) is 0 Å². The molecule has 0 bridgehead atoms. The minimum atomic E-state index is -3.98. The number of carbonyl (C=O) groups is 1. The van der Waals surface area contributed by atoms with Crippen molar-refractivity contribution in [1.82, 2.24) is 8.61 Å². The average molecular weight is 479 g/mol. The van der Waals surface area contributed by atoms with Gasteiger partial charge in [0.2, 0.25) is 20.0 Å². The van der Waals surface area contributed by atoms with Crippen LogP contribution in [0.5, 0.6) is 0 Å². The number of piperazine rings is 1. The van der Waals surface area contributed by atoms with Gasteiger partial charge in [-0.05, 0) is 61.1 Å². The Hall–Kier alpha value is -2.27. The van der Waals surface area contributed by atoms with E-state index in [0.29, 0.717) is 0 Å². The number of benzene rings is 2. The molecular formula is C22H26N2O6S2. The number of aryl methyl sites for hydroxylation is 2. The van der Waals surface area contributed by atoms with E-state index in [0.717, 1.165) is 31.2 Å². The lowest BCUT2D eigenvalue weighted by atomic mass is 9.92. The first kappa shape index (κ1) is 22.9. The number of sulfonamides is 2. The highest BCUT2D eigenvalue weighted by Gasteiger charge is 2.35. The fraction of sp³-hybridized carbons (Fsp3) is 0.409. The van der Waals surface area contributed by atoms with Crippen molar-refractivity contribution in [1.29, 1.82) is 0 Å². The van der Waals surface area contributed by atoms with Crippen molar-refractivity contribution >= 4 is 26.0 Å². The third-order valence-electron chi connectivity index (χ3n) is 6.07. The number of carbonyl (C=O) groups excluding carboxylic acids is 1. The zero-order valence-electron chi connectivity index (χ0n) is 17.9. The van der Waals surface area contributed by atoms with Crippen LogP contribution >= 0.6 is 0 Å². The van der Waals surface area contributed by atoms with Crippen LogP contribution in [0.4, 0.5) is 0 Å². The summed E-state index contributed by atoms with van der Waals surface area (Å²) in [6.07, 6.45) is 4.03. The number of fused-ring (bicyclic) bond motifs is 1. The smallest absolute Gasteiger partial charge is 0.339 e. The second-order valence-corrected chi connectivity index (χ2v) is 11.8. The van der Waals surface area contributed by atoms with E-state index in [2.05, 4.69) is 0 Å². The number of hydrogen-bond donors (Lipinski definition) is 0. The van der Waals surface area contributed by atoms with Crippen molar-refractivity contribution in [3.63, 3.8) is 0 Å². The maximum Gasteiger partial charge on any atom is 0.339 e. The van der Waals surface area contributed by atoms with Gasteiger partial charge in [0, 0.05) is 26.2 Å². The highest BCUT2D eigenvalue weighted by atomic mass is 32.2. The molecule has 8 nitrogen and oxygen atoms in total. The van der Waals surface area contributed by atoms with Crippen LogP contribution < -0.4 is 0 Å². The van der Waals surface area contributed by atoms with Crippen molar-refractivity contribution in [2.24, 2.45) is 0 Å². The Labute approximate surface area is 188 Å². The predicted molar refractivity (Wildman–Crippen MR) is 118 cm³/mol. The van der Waals surface area contributed by atoms with Gasteiger partial charge in [-0.1, -0.05) is 18.2 Å². The van der Waals surface area contributed by atoms with Crippen molar-refractivity contribution in [3.05, 3.63) is 59.2 Å². The Morgan fingerprint density at radius 3 is 2.06 bits per heavy atom. The van der Waals surface area contributed by atoms with Crippen LogP contribution in [0.15, 0.2) is 52.3 Å². The van der Waals surface area contributed by atoms with Gasteiger partial charge < -0.3 is 4.74 Å². The van der Waals surface area contributed by atoms with Crippen LogP contribution in [0.2, 0.25) is 0 Å². The van der Waals surface area contributed by atoms with E-state index in [1.165, 1.54) is 39.5 Å². The second-order valence-electron chi connectivity index (χ2n) is 7.93. The van der Waals surface area contributed by atoms with Gasteiger partial charge in [0.1, 0.15) is 0 Å². The SMILES string of the molecule is COC(=O)c1ccccc1S(=O)(=O)N1CCN(S(=O)(=O)c2ccc3c(c2)CCCC3)CC1. The maximum atomic E-state index is 13.2. The molecule has 0 aromatic heterocycles. The van der Waals surface area contributed by atoms with E-state index in [-0.39, 0.29) is 41.5 Å². The molecule has 0 atom stereocenters. The summed E-state index contributed by atoms with van der Waals surface area (Å²) < 4.78 is 59.9. The average Bonchev–Trinajstić information content (AvgIpc) is 2.83. The molecule has 2 aliphatic rings. The fourth-order valence-electron chi connectivity index (χ4n) is 4.28. The third kappa shape index (κ3) is 4.19. The summed E-state index contributed by atoms with van der Waals surface area (Å²) in [5.41, 5.74) is 2.24. The Balaban J connectivity index is 1.52. The van der Waals surface area contributed by atoms with Gasteiger partial charge >= 0.3 is 5.97 Å². The molecule has 2 aromatic rings. The number of rotatable bonds is 5. The monoisotopic (exact) mass is 478 g/mol. The van der Waals surface area contributed by atoms with Gasteiger partial charge in [-0.2, -0.15) is 8.61 Å². The van der Waals surface area contributed by atoms with Crippen molar-refractivity contribution < 1.29 is 26.4 Å². The van der Waals surface area contributed by atoms with Crippen LogP contribution in [0.3, 0.4) is 0 Å². The highest BCUT2D eigenvalue weighted by Crippen LogP contribution is 2.27. The normalized spacial score (nSPS) is 18.2. The van der Waals surface area contributed by atoms with Crippen LogP contribution in [-0.2, 0) is 37.6 Å². The maximum absolute atomic E-state index is 13.2. The van der Waals surface area contributed by atoms with Gasteiger partial charge in [-0.3, -0.25) is 0 Å². The largest absolute Gasteiger partial charge is 0.465 e. The molecule has 1 fully saturated rings. The minimum Gasteiger partial charge on any atom is -0.465 e. The Kier molecular flexibility index (Phi) is 6.39. The van der Waals surface area contributed by atoms with E-state index in [1.54, 1.807) is 18.2 Å². The van der Waals surface area contributed by atoms with E-state index < -0.39 is 26.0 Å². The molecule has 1 aliphatic heterocycles. The number of esters is 1. The third-order valence-corrected chi connectivity index (χ3v) is 9.92. The van der Waals surface area contributed by atoms with Crippen molar-refractivity contribution in [2.45, 2.75) is 35.5 Å². The predicted octanol–water partition coefficient (Wildman–Crippen LogP) is 2.05. The molecule has 1 aliphatic carbocycles. The Morgan fingerprint density at radius 2 is 1.41 bits per heavy atom. The molecule has 32 heavy (non-hydrogen) atoms. The topological polar surface area (TPSA) is 101 Å². The first-order valence-corrected chi connectivity index (χ1v) is 13.4. The van der Waals surface area contributed by atoms with Crippen LogP contribution in [0.1, 0.15) is 34.3 Å². The molecular weight excluding hydrogens is 452 g/mol. The molecule has 10 heteroatoms. The van der Waals surface area contributed by atoms with Gasteiger partial charge in [0.15, 0.2) is 0 Å².